The average Bonchev–Trinajstić information content (AvgIpc) is 2.26. The predicted molar refractivity (Wildman–Crippen MR) is 62.2 cm³/mol. The molecular formula is C11H14BrNO2. The van der Waals surface area contributed by atoms with Gasteiger partial charge < -0.3 is 10.5 Å². The van der Waals surface area contributed by atoms with E-state index < -0.39 is 6.04 Å². The van der Waals surface area contributed by atoms with Gasteiger partial charge in [0.15, 0.2) is 0 Å². The number of halogens is 1. The zero-order valence-corrected chi connectivity index (χ0v) is 10.2. The largest absolute Gasteiger partial charge is 0.460 e. The fourth-order valence-electron chi connectivity index (χ4n) is 1.01. The monoisotopic (exact) mass is 271 g/mol. The zero-order chi connectivity index (χ0) is 11.3. The van der Waals surface area contributed by atoms with E-state index >= 15 is 0 Å². The second-order valence-corrected chi connectivity index (χ2v) is 4.16. The van der Waals surface area contributed by atoms with E-state index in [1.165, 1.54) is 0 Å². The summed E-state index contributed by atoms with van der Waals surface area (Å²) in [5.41, 5.74) is 6.48. The molecule has 0 spiro atoms. The summed E-state index contributed by atoms with van der Waals surface area (Å²) in [5.74, 6) is -0.347. The van der Waals surface area contributed by atoms with Crippen LogP contribution in [0.3, 0.4) is 0 Å². The summed E-state index contributed by atoms with van der Waals surface area (Å²) in [6.45, 7) is 2.13. The van der Waals surface area contributed by atoms with Gasteiger partial charge in [0, 0.05) is 4.47 Å². The second-order valence-electron chi connectivity index (χ2n) is 3.25. The van der Waals surface area contributed by atoms with Crippen molar-refractivity contribution in [2.24, 2.45) is 5.73 Å². The quantitative estimate of drug-likeness (QED) is 0.855. The summed E-state index contributed by atoms with van der Waals surface area (Å²) >= 11 is 3.33. The molecule has 2 N–H and O–H groups in total. The lowest BCUT2D eigenvalue weighted by Crippen LogP contribution is -2.31. The SMILES string of the molecule is CCC(N)C(=O)OCc1ccc(Br)cc1. The molecule has 0 aliphatic heterocycles. The van der Waals surface area contributed by atoms with Crippen molar-refractivity contribution in [3.05, 3.63) is 34.3 Å². The fraction of sp³-hybridized carbons (Fsp3) is 0.364. The van der Waals surface area contributed by atoms with Crippen LogP contribution in [0.25, 0.3) is 0 Å². The third-order valence-electron chi connectivity index (χ3n) is 2.04. The topological polar surface area (TPSA) is 52.3 Å². The normalized spacial score (nSPS) is 12.2. The van der Waals surface area contributed by atoms with Crippen LogP contribution in [0.5, 0.6) is 0 Å². The van der Waals surface area contributed by atoms with Crippen molar-refractivity contribution in [3.8, 4) is 0 Å². The molecule has 0 bridgehead atoms. The summed E-state index contributed by atoms with van der Waals surface area (Å²) in [7, 11) is 0. The van der Waals surface area contributed by atoms with Gasteiger partial charge in [-0.15, -0.1) is 0 Å². The van der Waals surface area contributed by atoms with E-state index in [0.29, 0.717) is 6.42 Å². The van der Waals surface area contributed by atoms with Gasteiger partial charge in [-0.1, -0.05) is 35.0 Å². The summed E-state index contributed by atoms with van der Waals surface area (Å²) in [6, 6.07) is 7.09. The molecule has 1 atom stereocenters. The van der Waals surface area contributed by atoms with Crippen LogP contribution >= 0.6 is 15.9 Å². The molecule has 3 nitrogen and oxygen atoms in total. The van der Waals surface area contributed by atoms with Crippen LogP contribution in [0, 0.1) is 0 Å². The van der Waals surface area contributed by atoms with Gasteiger partial charge in [0.2, 0.25) is 0 Å². The van der Waals surface area contributed by atoms with Crippen LogP contribution in [0.1, 0.15) is 18.9 Å². The highest BCUT2D eigenvalue weighted by Gasteiger charge is 2.11. The molecule has 0 saturated heterocycles. The highest BCUT2D eigenvalue weighted by atomic mass is 79.9. The molecule has 1 unspecified atom stereocenters. The first-order valence-corrected chi connectivity index (χ1v) is 5.59. The van der Waals surface area contributed by atoms with E-state index in [1.54, 1.807) is 0 Å². The minimum absolute atomic E-state index is 0.278. The molecule has 1 aromatic rings. The lowest BCUT2D eigenvalue weighted by Gasteiger charge is -2.09. The van der Waals surface area contributed by atoms with Gasteiger partial charge in [-0.05, 0) is 24.1 Å². The predicted octanol–water partition coefficient (Wildman–Crippen LogP) is 2.23. The van der Waals surface area contributed by atoms with Crippen molar-refractivity contribution < 1.29 is 9.53 Å². The van der Waals surface area contributed by atoms with E-state index in [9.17, 15) is 4.79 Å². The first-order valence-electron chi connectivity index (χ1n) is 4.80. The van der Waals surface area contributed by atoms with Crippen molar-refractivity contribution in [3.63, 3.8) is 0 Å². The molecule has 15 heavy (non-hydrogen) atoms. The Morgan fingerprint density at radius 1 is 1.47 bits per heavy atom. The molecule has 4 heteroatoms. The molecule has 82 valence electrons. The van der Waals surface area contributed by atoms with E-state index in [4.69, 9.17) is 10.5 Å². The summed E-state index contributed by atoms with van der Waals surface area (Å²) in [4.78, 5) is 11.3. The molecule has 0 fully saturated rings. The third-order valence-corrected chi connectivity index (χ3v) is 2.57. The fourth-order valence-corrected chi connectivity index (χ4v) is 1.27. The van der Waals surface area contributed by atoms with Crippen LogP contribution in [0.4, 0.5) is 0 Å². The van der Waals surface area contributed by atoms with Crippen molar-refractivity contribution in [1.82, 2.24) is 0 Å². The van der Waals surface area contributed by atoms with Gasteiger partial charge in [-0.3, -0.25) is 4.79 Å². The maximum Gasteiger partial charge on any atom is 0.323 e. The standard InChI is InChI=1S/C11H14BrNO2/c1-2-10(13)11(14)15-7-8-3-5-9(12)6-4-8/h3-6,10H,2,7,13H2,1H3. The minimum atomic E-state index is -0.513. The Balaban J connectivity index is 2.43. The van der Waals surface area contributed by atoms with Gasteiger partial charge in [-0.25, -0.2) is 0 Å². The van der Waals surface area contributed by atoms with Crippen molar-refractivity contribution in [2.45, 2.75) is 26.0 Å². The Morgan fingerprint density at radius 2 is 2.07 bits per heavy atom. The van der Waals surface area contributed by atoms with Crippen molar-refractivity contribution in [1.29, 1.82) is 0 Å². The summed E-state index contributed by atoms with van der Waals surface area (Å²) < 4.78 is 6.04. The Hall–Kier alpha value is -0.870. The number of carbonyl (C=O) groups is 1. The third kappa shape index (κ3) is 4.01. The number of ether oxygens (including phenoxy) is 1. The van der Waals surface area contributed by atoms with Crippen LogP contribution in [0.2, 0.25) is 0 Å². The second kappa shape index (κ2) is 5.88. The Morgan fingerprint density at radius 3 is 2.60 bits per heavy atom. The molecule has 0 amide bonds. The first kappa shape index (κ1) is 12.2. The number of hydrogen-bond donors (Lipinski definition) is 1. The lowest BCUT2D eigenvalue weighted by molar-refractivity contribution is -0.146. The Labute approximate surface area is 97.7 Å². The molecular weight excluding hydrogens is 258 g/mol. The molecule has 0 saturated carbocycles. The van der Waals surface area contributed by atoms with Gasteiger partial charge in [-0.2, -0.15) is 0 Å². The molecule has 1 rings (SSSR count). The molecule has 0 heterocycles. The van der Waals surface area contributed by atoms with Crippen LogP contribution in [0.15, 0.2) is 28.7 Å². The zero-order valence-electron chi connectivity index (χ0n) is 8.57. The maximum absolute atomic E-state index is 11.3. The van der Waals surface area contributed by atoms with Gasteiger partial charge in [0.25, 0.3) is 0 Å². The number of esters is 1. The number of hydrogen-bond acceptors (Lipinski definition) is 3. The van der Waals surface area contributed by atoms with Crippen molar-refractivity contribution >= 4 is 21.9 Å². The Kier molecular flexibility index (Phi) is 4.78. The van der Waals surface area contributed by atoms with Gasteiger partial charge in [0.05, 0.1) is 0 Å². The summed E-state index contributed by atoms with van der Waals surface area (Å²) in [6.07, 6.45) is 0.596. The minimum Gasteiger partial charge on any atom is -0.460 e. The lowest BCUT2D eigenvalue weighted by atomic mass is 10.2. The molecule has 0 aliphatic rings. The number of benzene rings is 1. The number of nitrogens with two attached hydrogens (primary N) is 1. The molecule has 0 radical (unpaired) electrons. The van der Waals surface area contributed by atoms with Gasteiger partial charge in [0.1, 0.15) is 12.6 Å². The molecule has 0 aliphatic carbocycles. The first-order chi connectivity index (χ1) is 7.13. The van der Waals surface area contributed by atoms with Crippen LogP contribution in [-0.4, -0.2) is 12.0 Å². The van der Waals surface area contributed by atoms with E-state index in [-0.39, 0.29) is 12.6 Å². The van der Waals surface area contributed by atoms with Gasteiger partial charge >= 0.3 is 5.97 Å². The number of carbonyl (C=O) groups excluding carboxylic acids is 1. The van der Waals surface area contributed by atoms with E-state index in [0.717, 1.165) is 10.0 Å². The van der Waals surface area contributed by atoms with Crippen LogP contribution in [-0.2, 0) is 16.1 Å². The summed E-state index contributed by atoms with van der Waals surface area (Å²) in [5, 5.41) is 0. The van der Waals surface area contributed by atoms with E-state index in [1.807, 2.05) is 31.2 Å². The van der Waals surface area contributed by atoms with Crippen molar-refractivity contribution in [2.75, 3.05) is 0 Å². The smallest absolute Gasteiger partial charge is 0.323 e. The highest BCUT2D eigenvalue weighted by Crippen LogP contribution is 2.11. The maximum atomic E-state index is 11.3. The average molecular weight is 272 g/mol. The van der Waals surface area contributed by atoms with Crippen LogP contribution < -0.4 is 5.73 Å². The van der Waals surface area contributed by atoms with E-state index in [2.05, 4.69) is 15.9 Å². The Bertz CT molecular complexity index is 324. The highest BCUT2D eigenvalue weighted by molar-refractivity contribution is 9.10. The molecule has 1 aromatic carbocycles. The number of rotatable bonds is 4. The molecule has 0 aromatic heterocycles.